The van der Waals surface area contributed by atoms with Gasteiger partial charge in [0.2, 0.25) is 5.91 Å². The van der Waals surface area contributed by atoms with E-state index in [-0.39, 0.29) is 23.7 Å². The number of nitrogens with zero attached hydrogens (tertiary/aromatic N) is 4. The average Bonchev–Trinajstić information content (AvgIpc) is 3.36. The second kappa shape index (κ2) is 9.56. The number of hydrogen-bond acceptors (Lipinski definition) is 5. The molecule has 0 atom stereocenters. The number of aliphatic imine (C=N–C) groups is 2. The largest absolute Gasteiger partial charge is 0.416 e. The van der Waals surface area contributed by atoms with Gasteiger partial charge in [-0.3, -0.25) is 19.6 Å². The van der Waals surface area contributed by atoms with Crippen LogP contribution in [-0.2, 0) is 15.8 Å². The van der Waals surface area contributed by atoms with Gasteiger partial charge in [-0.05, 0) is 69.9 Å². The maximum atomic E-state index is 13.7. The second-order valence-corrected chi connectivity index (χ2v) is 10.7. The van der Waals surface area contributed by atoms with Crippen molar-refractivity contribution in [3.05, 3.63) is 59.7 Å². The summed E-state index contributed by atoms with van der Waals surface area (Å²) in [6, 6.07) is 12.0. The molecular weight excluding hydrogens is 495 g/mol. The molecule has 2 aromatic carbocycles. The van der Waals surface area contributed by atoms with Crippen molar-refractivity contribution in [1.82, 2.24) is 4.90 Å². The SMILES string of the molecule is CC1(C)CN=CN1c1cccc(C2=NC3(CCCCC3)N(CC(=O)Nc3cccc(C(F)(F)F)c3)C2=O)c1. The van der Waals surface area contributed by atoms with Crippen LogP contribution < -0.4 is 10.2 Å². The van der Waals surface area contributed by atoms with Crippen LogP contribution in [0.5, 0.6) is 0 Å². The zero-order valence-electron chi connectivity index (χ0n) is 21.4. The molecule has 10 heteroatoms. The lowest BCUT2D eigenvalue weighted by molar-refractivity contribution is -0.137. The summed E-state index contributed by atoms with van der Waals surface area (Å²) in [5, 5.41) is 2.53. The van der Waals surface area contributed by atoms with E-state index in [1.165, 1.54) is 17.0 Å². The number of benzene rings is 2. The molecule has 1 N–H and O–H groups in total. The first kappa shape index (κ1) is 25.9. The number of nitrogens with one attached hydrogen (secondary N) is 1. The van der Waals surface area contributed by atoms with Gasteiger partial charge in [0.15, 0.2) is 0 Å². The number of carbonyl (C=O) groups is 2. The van der Waals surface area contributed by atoms with Crippen molar-refractivity contribution in [2.24, 2.45) is 9.98 Å². The van der Waals surface area contributed by atoms with Gasteiger partial charge in [-0.1, -0.05) is 24.6 Å². The van der Waals surface area contributed by atoms with Gasteiger partial charge in [-0.25, -0.2) is 0 Å². The van der Waals surface area contributed by atoms with Gasteiger partial charge < -0.3 is 15.1 Å². The minimum atomic E-state index is -4.52. The molecule has 1 aliphatic carbocycles. The van der Waals surface area contributed by atoms with E-state index in [2.05, 4.69) is 29.1 Å². The highest BCUT2D eigenvalue weighted by atomic mass is 19.4. The topological polar surface area (TPSA) is 77.4 Å². The molecule has 0 saturated heterocycles. The second-order valence-electron chi connectivity index (χ2n) is 10.7. The monoisotopic (exact) mass is 525 g/mol. The molecule has 38 heavy (non-hydrogen) atoms. The highest BCUT2D eigenvalue weighted by Gasteiger charge is 2.48. The number of halogens is 3. The van der Waals surface area contributed by atoms with Crippen molar-refractivity contribution >= 4 is 35.2 Å². The Hall–Kier alpha value is -3.69. The van der Waals surface area contributed by atoms with Crippen LogP contribution in [0.4, 0.5) is 24.5 Å². The molecule has 2 aliphatic heterocycles. The van der Waals surface area contributed by atoms with E-state index >= 15 is 0 Å². The van der Waals surface area contributed by atoms with Crippen molar-refractivity contribution in [2.75, 3.05) is 23.3 Å². The van der Waals surface area contributed by atoms with Crippen LogP contribution in [0.1, 0.15) is 57.1 Å². The Morgan fingerprint density at radius 2 is 1.79 bits per heavy atom. The minimum absolute atomic E-state index is 0.0258. The fraction of sp³-hybridized carbons (Fsp3) is 0.429. The lowest BCUT2D eigenvalue weighted by Crippen LogP contribution is -2.51. The molecule has 2 amide bonds. The lowest BCUT2D eigenvalue weighted by atomic mass is 9.88. The maximum absolute atomic E-state index is 13.7. The molecular formula is C28H30F3N5O2. The van der Waals surface area contributed by atoms with Gasteiger partial charge in [-0.15, -0.1) is 0 Å². The normalized spacial score (nSPS) is 20.2. The number of amides is 2. The molecule has 200 valence electrons. The van der Waals surface area contributed by atoms with E-state index in [0.717, 1.165) is 37.1 Å². The van der Waals surface area contributed by atoms with Gasteiger partial charge in [0.25, 0.3) is 5.91 Å². The fourth-order valence-corrected chi connectivity index (χ4v) is 5.45. The van der Waals surface area contributed by atoms with Gasteiger partial charge in [0.05, 0.1) is 24.0 Å². The molecule has 0 radical (unpaired) electrons. The third-order valence-electron chi connectivity index (χ3n) is 7.43. The van der Waals surface area contributed by atoms with Crippen LogP contribution >= 0.6 is 0 Å². The van der Waals surface area contributed by atoms with Crippen molar-refractivity contribution in [3.63, 3.8) is 0 Å². The Kier molecular flexibility index (Phi) is 6.53. The predicted octanol–water partition coefficient (Wildman–Crippen LogP) is 5.26. The molecule has 7 nitrogen and oxygen atoms in total. The highest BCUT2D eigenvalue weighted by molar-refractivity contribution is 6.47. The summed E-state index contributed by atoms with van der Waals surface area (Å²) in [6.45, 7) is 4.54. The molecule has 0 bridgehead atoms. The lowest BCUT2D eigenvalue weighted by Gasteiger charge is -2.38. The van der Waals surface area contributed by atoms with Crippen LogP contribution in [-0.4, -0.2) is 53.1 Å². The van der Waals surface area contributed by atoms with E-state index in [1.807, 2.05) is 24.3 Å². The molecule has 1 saturated carbocycles. The Labute approximate surface area is 219 Å². The summed E-state index contributed by atoms with van der Waals surface area (Å²) in [5.74, 6) is -0.916. The molecule has 5 rings (SSSR count). The zero-order valence-corrected chi connectivity index (χ0v) is 21.4. The Bertz CT molecular complexity index is 1310. The molecule has 3 aliphatic rings. The fourth-order valence-electron chi connectivity index (χ4n) is 5.45. The van der Waals surface area contributed by atoms with Gasteiger partial charge in [0, 0.05) is 16.9 Å². The third kappa shape index (κ3) is 4.91. The standard InChI is InChI=1S/C28H30F3N5O2/c1-26(2)17-32-18-36(26)22-11-6-8-19(14-22)24-25(38)35(27(34-24)12-4-3-5-13-27)16-23(37)33-21-10-7-9-20(15-21)28(29,30)31/h6-11,14-15,18H,3-5,12-13,16-17H2,1-2H3,(H,33,37). The van der Waals surface area contributed by atoms with E-state index < -0.39 is 23.3 Å². The molecule has 1 fully saturated rings. The summed E-state index contributed by atoms with van der Waals surface area (Å²) in [6.07, 6.45) is 1.29. The van der Waals surface area contributed by atoms with E-state index in [9.17, 15) is 22.8 Å². The summed E-state index contributed by atoms with van der Waals surface area (Å²) in [4.78, 5) is 39.6. The van der Waals surface area contributed by atoms with Gasteiger partial charge in [0.1, 0.15) is 17.9 Å². The zero-order chi connectivity index (χ0) is 27.1. The molecule has 1 spiro atoms. The Morgan fingerprint density at radius 1 is 1.05 bits per heavy atom. The quantitative estimate of drug-likeness (QED) is 0.578. The van der Waals surface area contributed by atoms with Gasteiger partial charge >= 0.3 is 6.18 Å². The smallest absolute Gasteiger partial charge is 0.325 e. The summed E-state index contributed by atoms with van der Waals surface area (Å²) < 4.78 is 39.3. The van der Waals surface area contributed by atoms with E-state index in [1.54, 1.807) is 6.34 Å². The van der Waals surface area contributed by atoms with E-state index in [0.29, 0.717) is 30.7 Å². The number of carbonyl (C=O) groups excluding carboxylic acids is 2. The van der Waals surface area contributed by atoms with Crippen molar-refractivity contribution in [1.29, 1.82) is 0 Å². The average molecular weight is 526 g/mol. The number of hydrogen-bond donors (Lipinski definition) is 1. The number of anilines is 2. The van der Waals surface area contributed by atoms with Crippen LogP contribution in [0.15, 0.2) is 58.5 Å². The summed E-state index contributed by atoms with van der Waals surface area (Å²) in [5.41, 5.74) is -0.00384. The highest BCUT2D eigenvalue weighted by Crippen LogP contribution is 2.40. The first-order chi connectivity index (χ1) is 18.0. The predicted molar refractivity (Wildman–Crippen MR) is 140 cm³/mol. The Balaban J connectivity index is 1.40. The minimum Gasteiger partial charge on any atom is -0.325 e. The Morgan fingerprint density at radius 3 is 2.47 bits per heavy atom. The summed E-state index contributed by atoms with van der Waals surface area (Å²) >= 11 is 0. The number of alkyl halides is 3. The molecule has 2 aromatic rings. The maximum Gasteiger partial charge on any atom is 0.416 e. The van der Waals surface area contributed by atoms with E-state index in [4.69, 9.17) is 4.99 Å². The van der Waals surface area contributed by atoms with Crippen LogP contribution in [0, 0.1) is 0 Å². The number of rotatable bonds is 5. The third-order valence-corrected chi connectivity index (χ3v) is 7.43. The molecule has 0 unspecified atom stereocenters. The van der Waals surface area contributed by atoms with Crippen LogP contribution in [0.3, 0.4) is 0 Å². The first-order valence-corrected chi connectivity index (χ1v) is 12.8. The van der Waals surface area contributed by atoms with Crippen LogP contribution in [0.25, 0.3) is 0 Å². The van der Waals surface area contributed by atoms with Crippen molar-refractivity contribution in [3.8, 4) is 0 Å². The first-order valence-electron chi connectivity index (χ1n) is 12.8. The van der Waals surface area contributed by atoms with Gasteiger partial charge in [-0.2, -0.15) is 13.2 Å². The van der Waals surface area contributed by atoms with Crippen molar-refractivity contribution in [2.45, 2.75) is 63.3 Å². The molecule has 2 heterocycles. The van der Waals surface area contributed by atoms with Crippen molar-refractivity contribution < 1.29 is 22.8 Å². The van der Waals surface area contributed by atoms with Crippen LogP contribution in [0.2, 0.25) is 0 Å². The molecule has 0 aromatic heterocycles. The summed E-state index contributed by atoms with van der Waals surface area (Å²) in [7, 11) is 0.